The summed E-state index contributed by atoms with van der Waals surface area (Å²) in [5.74, 6) is 0. The maximum absolute atomic E-state index is 3.49. The molecular formula is C9H13BrIN. The molecule has 12 heavy (non-hydrogen) atoms. The smallest absolute Gasteiger partial charge is 0.247 e. The number of hydrogen-bond donors (Lipinski definition) is 0. The van der Waals surface area contributed by atoms with Gasteiger partial charge in [0, 0.05) is 34.5 Å². The molecule has 1 nitrogen and oxygen atoms in total. The van der Waals surface area contributed by atoms with Crippen molar-refractivity contribution in [3.63, 3.8) is 0 Å². The summed E-state index contributed by atoms with van der Waals surface area (Å²) in [6.07, 6.45) is 4.58. The molecule has 0 aliphatic heterocycles. The summed E-state index contributed by atoms with van der Waals surface area (Å²) in [6.45, 7) is 3.31. The van der Waals surface area contributed by atoms with E-state index in [2.05, 4.69) is 45.8 Å². The van der Waals surface area contributed by atoms with Crippen LogP contribution < -0.4 is 28.5 Å². The van der Waals surface area contributed by atoms with Gasteiger partial charge in [-0.25, -0.2) is 0 Å². The van der Waals surface area contributed by atoms with E-state index in [0.29, 0.717) is 0 Å². The van der Waals surface area contributed by atoms with Crippen LogP contribution in [-0.4, -0.2) is 0 Å². The van der Waals surface area contributed by atoms with E-state index in [9.17, 15) is 0 Å². The first-order chi connectivity index (χ1) is 5.34. The molecule has 0 N–H and O–H groups in total. The fraction of sp³-hybridized carbons (Fsp3) is 0.444. The minimum absolute atomic E-state index is 0. The Labute approximate surface area is 99.3 Å². The van der Waals surface area contributed by atoms with Crippen molar-refractivity contribution in [2.75, 3.05) is 0 Å². The van der Waals surface area contributed by atoms with Crippen molar-refractivity contribution in [2.24, 2.45) is 0 Å². The number of nitrogens with zero attached hydrogens (tertiary/aromatic N) is 1. The average Bonchev–Trinajstić information content (AvgIpc) is 2.03. The molecule has 1 heterocycles. The Balaban J connectivity index is 0.00000121. The average molecular weight is 342 g/mol. The Hall–Kier alpha value is 0.360. The zero-order chi connectivity index (χ0) is 8.10. The second kappa shape index (κ2) is 6.83. The molecule has 0 aliphatic rings. The first-order valence-electron chi connectivity index (χ1n) is 3.98. The first kappa shape index (κ1) is 12.4. The molecule has 0 aliphatic carbocycles. The fourth-order valence-electron chi connectivity index (χ4n) is 0.965. The van der Waals surface area contributed by atoms with Crippen molar-refractivity contribution >= 4 is 15.9 Å². The van der Waals surface area contributed by atoms with Crippen LogP contribution in [0.15, 0.2) is 29.0 Å². The predicted molar refractivity (Wildman–Crippen MR) is 49.2 cm³/mol. The summed E-state index contributed by atoms with van der Waals surface area (Å²) < 4.78 is 3.37. The van der Waals surface area contributed by atoms with Gasteiger partial charge in [0.25, 0.3) is 0 Å². The van der Waals surface area contributed by atoms with Gasteiger partial charge in [0.15, 0.2) is 6.20 Å². The van der Waals surface area contributed by atoms with Crippen LogP contribution >= 0.6 is 15.9 Å². The highest BCUT2D eigenvalue weighted by Gasteiger charge is 2.02. The second-order valence-electron chi connectivity index (χ2n) is 2.57. The highest BCUT2D eigenvalue weighted by atomic mass is 127. The first-order valence-corrected chi connectivity index (χ1v) is 4.78. The molecule has 0 radical (unpaired) electrons. The number of pyridine rings is 1. The zero-order valence-electron chi connectivity index (χ0n) is 7.13. The lowest BCUT2D eigenvalue weighted by Gasteiger charge is -1.95. The van der Waals surface area contributed by atoms with Crippen LogP contribution in [0, 0.1) is 0 Å². The minimum atomic E-state index is 0. The van der Waals surface area contributed by atoms with Crippen LogP contribution in [0.5, 0.6) is 0 Å². The molecule has 0 fully saturated rings. The molecule has 1 aromatic rings. The standard InChI is InChI=1S/C9H13BrN.HI/c1-2-3-7-11-8-5-4-6-9(11)10;/h4-6,8H,2-3,7H2,1H3;1H/q+1;/p-1. The van der Waals surface area contributed by atoms with Gasteiger partial charge in [-0.2, -0.15) is 4.57 Å². The van der Waals surface area contributed by atoms with Crippen molar-refractivity contribution in [1.82, 2.24) is 0 Å². The summed E-state index contributed by atoms with van der Waals surface area (Å²) in [7, 11) is 0. The highest BCUT2D eigenvalue weighted by molar-refractivity contribution is 9.10. The van der Waals surface area contributed by atoms with Crippen LogP contribution in [0.4, 0.5) is 0 Å². The van der Waals surface area contributed by atoms with E-state index in [-0.39, 0.29) is 24.0 Å². The van der Waals surface area contributed by atoms with Gasteiger partial charge in [0.2, 0.25) is 4.60 Å². The van der Waals surface area contributed by atoms with E-state index in [0.717, 1.165) is 11.1 Å². The summed E-state index contributed by atoms with van der Waals surface area (Å²) in [5.41, 5.74) is 0. The molecule has 0 aromatic carbocycles. The molecule has 0 unspecified atom stereocenters. The number of rotatable bonds is 3. The van der Waals surface area contributed by atoms with Gasteiger partial charge in [-0.15, -0.1) is 0 Å². The Kier molecular flexibility index (Phi) is 7.04. The van der Waals surface area contributed by atoms with Gasteiger partial charge in [0.1, 0.15) is 6.54 Å². The third-order valence-corrected chi connectivity index (χ3v) is 2.36. The lowest BCUT2D eigenvalue weighted by atomic mass is 10.3. The van der Waals surface area contributed by atoms with Gasteiger partial charge in [-0.05, 0) is 6.07 Å². The zero-order valence-corrected chi connectivity index (χ0v) is 10.9. The predicted octanol–water partition coefficient (Wildman–Crippen LogP) is -0.459. The minimum Gasteiger partial charge on any atom is -1.00 e. The summed E-state index contributed by atoms with van der Waals surface area (Å²) in [6, 6.07) is 6.16. The molecule has 68 valence electrons. The SMILES string of the molecule is CCCC[n+]1ccccc1Br.[I-]. The van der Waals surface area contributed by atoms with Crippen molar-refractivity contribution in [1.29, 1.82) is 0 Å². The molecule has 0 bridgehead atoms. The molecule has 0 saturated heterocycles. The van der Waals surface area contributed by atoms with E-state index in [4.69, 9.17) is 0 Å². The van der Waals surface area contributed by atoms with Gasteiger partial charge in [0.05, 0.1) is 0 Å². The number of halogens is 2. The van der Waals surface area contributed by atoms with Crippen LogP contribution in [0.3, 0.4) is 0 Å². The summed E-state index contributed by atoms with van der Waals surface area (Å²) >= 11 is 3.49. The quantitative estimate of drug-likeness (QED) is 0.398. The largest absolute Gasteiger partial charge is 1.00 e. The lowest BCUT2D eigenvalue weighted by molar-refractivity contribution is -0.707. The van der Waals surface area contributed by atoms with Crippen LogP contribution in [0.1, 0.15) is 19.8 Å². The molecule has 0 atom stereocenters. The van der Waals surface area contributed by atoms with E-state index in [1.165, 1.54) is 12.8 Å². The fourth-order valence-corrected chi connectivity index (χ4v) is 1.41. The lowest BCUT2D eigenvalue weighted by Crippen LogP contribution is -3.00. The van der Waals surface area contributed by atoms with Crippen LogP contribution in [0.25, 0.3) is 0 Å². The number of aromatic nitrogens is 1. The Morgan fingerprint density at radius 1 is 1.42 bits per heavy atom. The third kappa shape index (κ3) is 3.85. The maximum Gasteiger partial charge on any atom is 0.247 e. The molecule has 0 amide bonds. The number of hydrogen-bond acceptors (Lipinski definition) is 0. The maximum atomic E-state index is 3.49. The van der Waals surface area contributed by atoms with Crippen LogP contribution in [-0.2, 0) is 6.54 Å². The van der Waals surface area contributed by atoms with Crippen molar-refractivity contribution in [2.45, 2.75) is 26.3 Å². The van der Waals surface area contributed by atoms with Crippen molar-refractivity contribution in [3.8, 4) is 0 Å². The summed E-state index contributed by atoms with van der Waals surface area (Å²) in [5, 5.41) is 0. The molecular weight excluding hydrogens is 329 g/mol. The molecule has 1 aromatic heterocycles. The molecule has 0 saturated carbocycles. The van der Waals surface area contributed by atoms with Gasteiger partial charge in [-0.3, -0.25) is 0 Å². The number of unbranched alkanes of at least 4 members (excludes halogenated alkanes) is 1. The Morgan fingerprint density at radius 3 is 2.75 bits per heavy atom. The molecule has 0 spiro atoms. The van der Waals surface area contributed by atoms with Crippen LogP contribution in [0.2, 0.25) is 0 Å². The highest BCUT2D eigenvalue weighted by Crippen LogP contribution is 2.01. The normalized spacial score (nSPS) is 9.17. The van der Waals surface area contributed by atoms with Gasteiger partial charge >= 0.3 is 0 Å². The van der Waals surface area contributed by atoms with Gasteiger partial charge in [-0.1, -0.05) is 13.3 Å². The number of aryl methyl sites for hydroxylation is 1. The van der Waals surface area contributed by atoms with E-state index in [1.54, 1.807) is 0 Å². The monoisotopic (exact) mass is 341 g/mol. The third-order valence-electron chi connectivity index (χ3n) is 1.64. The van der Waals surface area contributed by atoms with Crippen molar-refractivity contribution < 1.29 is 28.5 Å². The Bertz CT molecular complexity index is 228. The van der Waals surface area contributed by atoms with Crippen molar-refractivity contribution in [3.05, 3.63) is 29.0 Å². The van der Waals surface area contributed by atoms with Gasteiger partial charge < -0.3 is 24.0 Å². The Morgan fingerprint density at radius 2 is 2.17 bits per heavy atom. The topological polar surface area (TPSA) is 3.88 Å². The molecule has 3 heteroatoms. The molecule has 1 rings (SSSR count). The van der Waals surface area contributed by atoms with E-state index in [1.807, 2.05) is 6.07 Å². The van der Waals surface area contributed by atoms with E-state index < -0.39 is 0 Å². The van der Waals surface area contributed by atoms with E-state index >= 15 is 0 Å². The summed E-state index contributed by atoms with van der Waals surface area (Å²) in [4.78, 5) is 0. The second-order valence-corrected chi connectivity index (χ2v) is 3.38.